The predicted molar refractivity (Wildman–Crippen MR) is 69.2 cm³/mol. The van der Waals surface area contributed by atoms with E-state index in [-0.39, 0.29) is 6.61 Å². The highest BCUT2D eigenvalue weighted by atomic mass is 32.1. The van der Waals surface area contributed by atoms with Crippen LogP contribution in [0, 0.1) is 0 Å². The number of hydrogen-bond acceptors (Lipinski definition) is 6. The lowest BCUT2D eigenvalue weighted by Gasteiger charge is -1.99. The maximum absolute atomic E-state index is 8.72. The van der Waals surface area contributed by atoms with E-state index < -0.39 is 0 Å². The molecule has 2 aromatic heterocycles. The summed E-state index contributed by atoms with van der Waals surface area (Å²) in [5.74, 6) is 0. The second-order valence-corrected chi connectivity index (χ2v) is 4.68. The molecule has 0 aliphatic rings. The zero-order valence-corrected chi connectivity index (χ0v) is 10.9. The number of aliphatic hydroxyl groups is 1. The molecular weight excluding hydrogens is 250 g/mol. The first-order chi connectivity index (χ1) is 8.88. The van der Waals surface area contributed by atoms with Gasteiger partial charge in [-0.05, 0) is 6.42 Å². The van der Waals surface area contributed by atoms with Gasteiger partial charge in [0.2, 0.25) is 0 Å². The fourth-order valence-electron chi connectivity index (χ4n) is 1.56. The molecule has 18 heavy (non-hydrogen) atoms. The highest BCUT2D eigenvalue weighted by molar-refractivity contribution is 7.07. The third-order valence-corrected chi connectivity index (χ3v) is 3.11. The standard InChI is InChI=1S/C11H17N5OS/c17-5-1-4-16-7-11(14-15-16)6-12-3-2-10-8-18-9-13-10/h7-9,12,17H,1-6H2. The van der Waals surface area contributed by atoms with Gasteiger partial charge in [-0.2, -0.15) is 0 Å². The molecule has 2 aromatic rings. The Morgan fingerprint density at radius 3 is 3.11 bits per heavy atom. The van der Waals surface area contributed by atoms with Gasteiger partial charge in [0.05, 0.1) is 16.9 Å². The molecule has 98 valence electrons. The van der Waals surface area contributed by atoms with E-state index in [1.54, 1.807) is 16.0 Å². The van der Waals surface area contributed by atoms with Gasteiger partial charge in [-0.25, -0.2) is 4.98 Å². The molecule has 0 spiro atoms. The minimum atomic E-state index is 0.182. The second-order valence-electron chi connectivity index (χ2n) is 3.96. The second kappa shape index (κ2) is 7.20. The summed E-state index contributed by atoms with van der Waals surface area (Å²) in [5.41, 5.74) is 3.90. The lowest BCUT2D eigenvalue weighted by atomic mass is 10.3. The van der Waals surface area contributed by atoms with E-state index in [4.69, 9.17) is 5.11 Å². The maximum Gasteiger partial charge on any atom is 0.0964 e. The van der Waals surface area contributed by atoms with Gasteiger partial charge in [-0.15, -0.1) is 16.4 Å². The Morgan fingerprint density at radius 2 is 2.33 bits per heavy atom. The van der Waals surface area contributed by atoms with Gasteiger partial charge in [0, 0.05) is 44.2 Å². The Hall–Kier alpha value is -1.31. The summed E-state index contributed by atoms with van der Waals surface area (Å²) in [7, 11) is 0. The fraction of sp³-hybridized carbons (Fsp3) is 0.545. The van der Waals surface area contributed by atoms with Crippen LogP contribution in [0.2, 0.25) is 0 Å². The lowest BCUT2D eigenvalue weighted by Crippen LogP contribution is -2.17. The van der Waals surface area contributed by atoms with Crippen LogP contribution in [-0.2, 0) is 19.5 Å². The summed E-state index contributed by atoms with van der Waals surface area (Å²) in [6.45, 7) is 2.49. The summed E-state index contributed by atoms with van der Waals surface area (Å²) in [5, 5.41) is 22.1. The maximum atomic E-state index is 8.72. The van der Waals surface area contributed by atoms with Crippen LogP contribution in [0.15, 0.2) is 17.1 Å². The molecule has 0 saturated heterocycles. The molecule has 0 aliphatic heterocycles. The Bertz CT molecular complexity index is 442. The van der Waals surface area contributed by atoms with Gasteiger partial charge < -0.3 is 10.4 Å². The monoisotopic (exact) mass is 267 g/mol. The first-order valence-corrected chi connectivity index (χ1v) is 6.90. The average molecular weight is 267 g/mol. The van der Waals surface area contributed by atoms with E-state index in [9.17, 15) is 0 Å². The first-order valence-electron chi connectivity index (χ1n) is 5.96. The van der Waals surface area contributed by atoms with Crippen molar-refractivity contribution in [3.63, 3.8) is 0 Å². The average Bonchev–Trinajstić information content (AvgIpc) is 3.04. The number of aryl methyl sites for hydroxylation is 1. The zero-order chi connectivity index (χ0) is 12.6. The van der Waals surface area contributed by atoms with Crippen LogP contribution in [0.1, 0.15) is 17.8 Å². The van der Waals surface area contributed by atoms with Crippen molar-refractivity contribution in [3.8, 4) is 0 Å². The van der Waals surface area contributed by atoms with Gasteiger partial charge >= 0.3 is 0 Å². The Morgan fingerprint density at radius 1 is 1.39 bits per heavy atom. The van der Waals surface area contributed by atoms with E-state index in [0.29, 0.717) is 19.5 Å². The summed E-state index contributed by atoms with van der Waals surface area (Å²) >= 11 is 1.62. The van der Waals surface area contributed by atoms with Gasteiger partial charge in [-0.1, -0.05) is 5.21 Å². The van der Waals surface area contributed by atoms with Crippen LogP contribution in [-0.4, -0.2) is 38.2 Å². The normalized spacial score (nSPS) is 10.9. The fourth-order valence-corrected chi connectivity index (χ4v) is 2.15. The third-order valence-electron chi connectivity index (χ3n) is 2.48. The molecule has 0 unspecified atom stereocenters. The van der Waals surface area contributed by atoms with Crippen LogP contribution in [0.5, 0.6) is 0 Å². The molecule has 0 amide bonds. The Balaban J connectivity index is 1.65. The molecule has 7 heteroatoms. The van der Waals surface area contributed by atoms with Crippen LogP contribution in [0.4, 0.5) is 0 Å². The summed E-state index contributed by atoms with van der Waals surface area (Å²) in [6.07, 6.45) is 3.55. The highest BCUT2D eigenvalue weighted by Gasteiger charge is 2.00. The summed E-state index contributed by atoms with van der Waals surface area (Å²) < 4.78 is 1.76. The molecule has 2 N–H and O–H groups in total. The topological polar surface area (TPSA) is 75.9 Å². The van der Waals surface area contributed by atoms with Gasteiger partial charge in [0.1, 0.15) is 0 Å². The molecule has 2 heterocycles. The quantitative estimate of drug-likeness (QED) is 0.679. The van der Waals surface area contributed by atoms with Crippen molar-refractivity contribution in [1.29, 1.82) is 0 Å². The van der Waals surface area contributed by atoms with Gasteiger partial charge in [-0.3, -0.25) is 4.68 Å². The minimum Gasteiger partial charge on any atom is -0.396 e. The molecule has 0 atom stereocenters. The van der Waals surface area contributed by atoms with Crippen molar-refractivity contribution in [2.45, 2.75) is 25.9 Å². The van der Waals surface area contributed by atoms with Crippen LogP contribution >= 0.6 is 11.3 Å². The smallest absolute Gasteiger partial charge is 0.0964 e. The van der Waals surface area contributed by atoms with Crippen LogP contribution < -0.4 is 5.32 Å². The SMILES string of the molecule is OCCCn1cc(CNCCc2cscn2)nn1. The molecule has 0 fully saturated rings. The van der Waals surface area contributed by atoms with E-state index in [2.05, 4.69) is 26.0 Å². The number of hydrogen-bond donors (Lipinski definition) is 2. The molecule has 0 aliphatic carbocycles. The lowest BCUT2D eigenvalue weighted by molar-refractivity contribution is 0.276. The van der Waals surface area contributed by atoms with Crippen molar-refractivity contribution in [2.24, 2.45) is 0 Å². The van der Waals surface area contributed by atoms with E-state index >= 15 is 0 Å². The molecule has 0 aromatic carbocycles. The summed E-state index contributed by atoms with van der Waals surface area (Å²) in [6, 6.07) is 0. The number of nitrogens with zero attached hydrogens (tertiary/aromatic N) is 4. The zero-order valence-electron chi connectivity index (χ0n) is 10.1. The molecule has 0 radical (unpaired) electrons. The molecule has 6 nitrogen and oxygen atoms in total. The summed E-state index contributed by atoms with van der Waals surface area (Å²) in [4.78, 5) is 4.22. The Kier molecular flexibility index (Phi) is 5.25. The molecule has 0 bridgehead atoms. The Labute approximate surface area is 110 Å². The van der Waals surface area contributed by atoms with Crippen molar-refractivity contribution in [3.05, 3.63) is 28.5 Å². The van der Waals surface area contributed by atoms with E-state index in [0.717, 1.165) is 24.4 Å². The van der Waals surface area contributed by atoms with E-state index in [1.165, 1.54) is 0 Å². The highest BCUT2D eigenvalue weighted by Crippen LogP contribution is 2.01. The number of aromatic nitrogens is 4. The van der Waals surface area contributed by atoms with Gasteiger partial charge in [0.15, 0.2) is 0 Å². The van der Waals surface area contributed by atoms with Crippen molar-refractivity contribution in [1.82, 2.24) is 25.3 Å². The number of aliphatic hydroxyl groups excluding tert-OH is 1. The number of thiazole rings is 1. The molecule has 0 saturated carbocycles. The van der Waals surface area contributed by atoms with E-state index in [1.807, 2.05) is 11.7 Å². The molecule has 2 rings (SSSR count). The van der Waals surface area contributed by atoms with Crippen LogP contribution in [0.25, 0.3) is 0 Å². The third kappa shape index (κ3) is 4.17. The van der Waals surface area contributed by atoms with Crippen molar-refractivity contribution >= 4 is 11.3 Å². The molecular formula is C11H17N5OS. The number of nitrogens with one attached hydrogen (secondary N) is 1. The van der Waals surface area contributed by atoms with Gasteiger partial charge in [0.25, 0.3) is 0 Å². The van der Waals surface area contributed by atoms with Crippen molar-refractivity contribution in [2.75, 3.05) is 13.2 Å². The van der Waals surface area contributed by atoms with Crippen molar-refractivity contribution < 1.29 is 5.11 Å². The number of rotatable bonds is 8. The first kappa shape index (κ1) is 13.1. The predicted octanol–water partition coefficient (Wildman–Crippen LogP) is 0.449. The minimum absolute atomic E-state index is 0.182. The van der Waals surface area contributed by atoms with Crippen LogP contribution in [0.3, 0.4) is 0 Å². The largest absolute Gasteiger partial charge is 0.396 e.